The Morgan fingerprint density at radius 2 is 1.81 bits per heavy atom. The van der Waals surface area contributed by atoms with Crippen LogP contribution in [0.4, 0.5) is 0 Å². The number of hydrogen-bond donors (Lipinski definition) is 0. The predicted molar refractivity (Wildman–Crippen MR) is 131 cm³/mol. The molecule has 0 saturated carbocycles. The summed E-state index contributed by atoms with van der Waals surface area (Å²) in [6, 6.07) is 22.6. The highest BCUT2D eigenvalue weighted by atomic mass is 16.5. The molecule has 1 fully saturated rings. The van der Waals surface area contributed by atoms with E-state index in [4.69, 9.17) is 4.74 Å². The molecule has 3 heteroatoms. The van der Waals surface area contributed by atoms with Crippen LogP contribution in [0.5, 0.6) is 11.5 Å². The molecule has 3 aromatic carbocycles. The third kappa shape index (κ3) is 3.07. The van der Waals surface area contributed by atoms with Crippen molar-refractivity contribution in [2.24, 2.45) is 0 Å². The molecule has 0 N–H and O–H groups in total. The standard InChI is InChI=1S/C29H30N2O/c1-19-13-14-25-24(16-19)21(17-22-9-7-15-30(22)3)18-31(25)29-23-10-4-5-11-26(23)32-27-12-6-8-20(2)28(27)29/h4-6,8,10-14,16,18,22,29H,7,9,15,17H2,1-3H3/t22-,29+/m0/s1. The second-order valence-corrected chi connectivity index (χ2v) is 9.59. The Labute approximate surface area is 190 Å². The van der Waals surface area contributed by atoms with E-state index in [0.717, 1.165) is 17.9 Å². The van der Waals surface area contributed by atoms with Crippen molar-refractivity contribution >= 4 is 10.9 Å². The molecule has 2 aliphatic rings. The summed E-state index contributed by atoms with van der Waals surface area (Å²) in [5, 5.41) is 1.39. The molecule has 2 atom stereocenters. The molecule has 4 aromatic rings. The van der Waals surface area contributed by atoms with Gasteiger partial charge in [-0.15, -0.1) is 0 Å². The highest BCUT2D eigenvalue weighted by Crippen LogP contribution is 2.47. The smallest absolute Gasteiger partial charge is 0.133 e. The Balaban J connectivity index is 1.58. The summed E-state index contributed by atoms with van der Waals surface area (Å²) < 4.78 is 8.86. The van der Waals surface area contributed by atoms with E-state index in [-0.39, 0.29) is 6.04 Å². The van der Waals surface area contributed by atoms with Crippen LogP contribution >= 0.6 is 0 Å². The SMILES string of the molecule is Cc1ccc2c(c1)c(C[C@@H]1CCCN1C)cn2[C@@H]1c2ccccc2Oc2cccc(C)c21. The van der Waals surface area contributed by atoms with Gasteiger partial charge in [0.05, 0.1) is 6.04 Å². The summed E-state index contributed by atoms with van der Waals surface area (Å²) in [5.41, 5.74) is 7.86. The van der Waals surface area contributed by atoms with Crippen molar-refractivity contribution in [2.45, 2.75) is 45.2 Å². The Morgan fingerprint density at radius 1 is 0.969 bits per heavy atom. The summed E-state index contributed by atoms with van der Waals surface area (Å²) >= 11 is 0. The molecule has 3 heterocycles. The van der Waals surface area contributed by atoms with Crippen LogP contribution in [0, 0.1) is 13.8 Å². The number of likely N-dealkylation sites (tertiary alicyclic amines) is 1. The summed E-state index contributed by atoms with van der Waals surface area (Å²) in [5.74, 6) is 1.93. The minimum atomic E-state index is 0.108. The van der Waals surface area contributed by atoms with Gasteiger partial charge in [-0.1, -0.05) is 42.0 Å². The van der Waals surface area contributed by atoms with E-state index < -0.39 is 0 Å². The quantitative estimate of drug-likeness (QED) is 0.324. The van der Waals surface area contributed by atoms with Crippen molar-refractivity contribution in [2.75, 3.05) is 13.6 Å². The van der Waals surface area contributed by atoms with E-state index >= 15 is 0 Å². The number of hydrogen-bond acceptors (Lipinski definition) is 2. The number of fused-ring (bicyclic) bond motifs is 3. The van der Waals surface area contributed by atoms with Gasteiger partial charge >= 0.3 is 0 Å². The lowest BCUT2D eigenvalue weighted by Crippen LogP contribution is -2.26. The van der Waals surface area contributed by atoms with Gasteiger partial charge < -0.3 is 14.2 Å². The van der Waals surface area contributed by atoms with Crippen LogP contribution in [0.2, 0.25) is 0 Å². The van der Waals surface area contributed by atoms with E-state index in [9.17, 15) is 0 Å². The molecule has 0 spiro atoms. The van der Waals surface area contributed by atoms with Crippen LogP contribution in [0.1, 0.15) is 46.7 Å². The minimum absolute atomic E-state index is 0.108. The molecular weight excluding hydrogens is 392 g/mol. The number of para-hydroxylation sites is 1. The Hall–Kier alpha value is -3.04. The number of benzene rings is 3. The van der Waals surface area contributed by atoms with Crippen molar-refractivity contribution in [1.29, 1.82) is 0 Å². The predicted octanol–water partition coefficient (Wildman–Crippen LogP) is 6.64. The van der Waals surface area contributed by atoms with Gasteiger partial charge in [-0.25, -0.2) is 0 Å². The minimum Gasteiger partial charge on any atom is -0.457 e. The van der Waals surface area contributed by atoms with Crippen LogP contribution in [0.3, 0.4) is 0 Å². The van der Waals surface area contributed by atoms with Gasteiger partial charge in [-0.3, -0.25) is 0 Å². The molecule has 2 aliphatic heterocycles. The average molecular weight is 423 g/mol. The number of nitrogens with zero attached hydrogens (tertiary/aromatic N) is 2. The molecule has 0 bridgehead atoms. The molecule has 1 saturated heterocycles. The molecule has 162 valence electrons. The highest BCUT2D eigenvalue weighted by molar-refractivity contribution is 5.85. The van der Waals surface area contributed by atoms with Crippen molar-refractivity contribution in [3.63, 3.8) is 0 Å². The van der Waals surface area contributed by atoms with E-state index in [2.05, 4.69) is 97.2 Å². The first-order valence-electron chi connectivity index (χ1n) is 11.8. The van der Waals surface area contributed by atoms with Crippen LogP contribution in [0.15, 0.2) is 66.9 Å². The number of likely N-dealkylation sites (N-methyl/N-ethyl adjacent to an activating group) is 1. The first-order chi connectivity index (χ1) is 15.6. The first kappa shape index (κ1) is 19.6. The van der Waals surface area contributed by atoms with E-state index in [1.165, 1.54) is 58.1 Å². The fourth-order valence-electron chi connectivity index (χ4n) is 5.76. The van der Waals surface area contributed by atoms with Gasteiger partial charge in [0.2, 0.25) is 0 Å². The average Bonchev–Trinajstić information content (AvgIpc) is 3.35. The number of rotatable bonds is 3. The monoisotopic (exact) mass is 422 g/mol. The molecule has 0 radical (unpaired) electrons. The summed E-state index contributed by atoms with van der Waals surface area (Å²) in [6.07, 6.45) is 6.13. The fraction of sp³-hybridized carbons (Fsp3) is 0.310. The third-order valence-electron chi connectivity index (χ3n) is 7.47. The number of aromatic nitrogens is 1. The maximum absolute atomic E-state index is 6.35. The lowest BCUT2D eigenvalue weighted by atomic mass is 9.91. The Kier molecular flexibility index (Phi) is 4.62. The molecule has 1 aromatic heterocycles. The molecule has 0 amide bonds. The number of aryl methyl sites for hydroxylation is 2. The third-order valence-corrected chi connectivity index (χ3v) is 7.47. The zero-order valence-electron chi connectivity index (χ0n) is 19.1. The Morgan fingerprint density at radius 3 is 2.66 bits per heavy atom. The van der Waals surface area contributed by atoms with Crippen molar-refractivity contribution in [3.8, 4) is 11.5 Å². The Bertz CT molecular complexity index is 1320. The van der Waals surface area contributed by atoms with Gasteiger partial charge in [0.15, 0.2) is 0 Å². The highest BCUT2D eigenvalue weighted by Gasteiger charge is 2.32. The topological polar surface area (TPSA) is 17.4 Å². The molecule has 6 rings (SSSR count). The van der Waals surface area contributed by atoms with Crippen LogP contribution in [-0.2, 0) is 6.42 Å². The number of ether oxygens (including phenoxy) is 1. The van der Waals surface area contributed by atoms with Crippen molar-refractivity contribution < 1.29 is 4.74 Å². The first-order valence-corrected chi connectivity index (χ1v) is 11.8. The van der Waals surface area contributed by atoms with Gasteiger partial charge in [0.1, 0.15) is 11.5 Å². The van der Waals surface area contributed by atoms with E-state index in [1.54, 1.807) is 0 Å². The summed E-state index contributed by atoms with van der Waals surface area (Å²) in [6.45, 7) is 5.61. The van der Waals surface area contributed by atoms with Gasteiger partial charge in [0.25, 0.3) is 0 Å². The van der Waals surface area contributed by atoms with Gasteiger partial charge in [-0.2, -0.15) is 0 Å². The van der Waals surface area contributed by atoms with Crippen molar-refractivity contribution in [3.05, 3.63) is 94.7 Å². The lowest BCUT2D eigenvalue weighted by molar-refractivity contribution is 0.309. The molecule has 3 nitrogen and oxygen atoms in total. The van der Waals surface area contributed by atoms with Gasteiger partial charge in [0, 0.05) is 34.3 Å². The zero-order valence-corrected chi connectivity index (χ0v) is 19.1. The largest absolute Gasteiger partial charge is 0.457 e. The van der Waals surface area contributed by atoms with E-state index in [1.807, 2.05) is 0 Å². The van der Waals surface area contributed by atoms with Crippen LogP contribution in [0.25, 0.3) is 10.9 Å². The molecule has 32 heavy (non-hydrogen) atoms. The second-order valence-electron chi connectivity index (χ2n) is 9.59. The summed E-state index contributed by atoms with van der Waals surface area (Å²) in [7, 11) is 2.27. The van der Waals surface area contributed by atoms with Crippen molar-refractivity contribution in [1.82, 2.24) is 9.47 Å². The maximum atomic E-state index is 6.35. The van der Waals surface area contributed by atoms with Crippen LogP contribution in [-0.4, -0.2) is 29.1 Å². The summed E-state index contributed by atoms with van der Waals surface area (Å²) in [4.78, 5) is 2.53. The lowest BCUT2D eigenvalue weighted by Gasteiger charge is -2.31. The normalized spacial score (nSPS) is 20.2. The maximum Gasteiger partial charge on any atom is 0.133 e. The second kappa shape index (κ2) is 7.53. The molecule has 0 unspecified atom stereocenters. The molecule has 0 aliphatic carbocycles. The molecular formula is C29H30N2O. The van der Waals surface area contributed by atoms with Gasteiger partial charge in [-0.05, 0) is 82.1 Å². The van der Waals surface area contributed by atoms with E-state index in [0.29, 0.717) is 6.04 Å². The van der Waals surface area contributed by atoms with Crippen LogP contribution < -0.4 is 4.74 Å². The zero-order chi connectivity index (χ0) is 21.8. The fourth-order valence-corrected chi connectivity index (χ4v) is 5.76.